The van der Waals surface area contributed by atoms with Gasteiger partial charge in [-0.15, -0.1) is 0 Å². The van der Waals surface area contributed by atoms with Gasteiger partial charge in [0.05, 0.1) is 12.6 Å². The number of benzene rings is 1. The van der Waals surface area contributed by atoms with E-state index in [9.17, 15) is 10.1 Å². The van der Waals surface area contributed by atoms with Crippen LogP contribution < -0.4 is 10.6 Å². The molecule has 19 heavy (non-hydrogen) atoms. The molecule has 0 spiro atoms. The van der Waals surface area contributed by atoms with Gasteiger partial charge in [-0.25, -0.2) is 0 Å². The van der Waals surface area contributed by atoms with Crippen LogP contribution in [0.1, 0.15) is 19.8 Å². The standard InChI is InChI=1S/C14H16BrN3O/c1-14(9-16,10-6-7-10)18-13(19)8-17-12-5-3-2-4-11(12)15/h2-5,10,17H,6-8H2,1H3,(H,18,19). The number of para-hydroxylation sites is 1. The summed E-state index contributed by atoms with van der Waals surface area (Å²) in [7, 11) is 0. The Hall–Kier alpha value is -1.54. The predicted octanol–water partition coefficient (Wildman–Crippen LogP) is 2.67. The monoisotopic (exact) mass is 321 g/mol. The predicted molar refractivity (Wildman–Crippen MR) is 77.5 cm³/mol. The Morgan fingerprint density at radius 3 is 2.79 bits per heavy atom. The Balaban J connectivity index is 1.88. The van der Waals surface area contributed by atoms with Crippen LogP contribution in [0.15, 0.2) is 28.7 Å². The average Bonchev–Trinajstić information content (AvgIpc) is 3.22. The number of nitrogens with one attached hydrogen (secondary N) is 2. The zero-order chi connectivity index (χ0) is 13.9. The van der Waals surface area contributed by atoms with E-state index in [4.69, 9.17) is 0 Å². The van der Waals surface area contributed by atoms with Crippen LogP contribution in [0.2, 0.25) is 0 Å². The maximum absolute atomic E-state index is 11.9. The molecular weight excluding hydrogens is 306 g/mol. The van der Waals surface area contributed by atoms with Crippen molar-refractivity contribution >= 4 is 27.5 Å². The van der Waals surface area contributed by atoms with Crippen LogP contribution >= 0.6 is 15.9 Å². The molecule has 0 aromatic heterocycles. The Kier molecular flexibility index (Phi) is 4.11. The molecule has 0 aliphatic heterocycles. The van der Waals surface area contributed by atoms with Crippen LogP contribution in [0.4, 0.5) is 5.69 Å². The van der Waals surface area contributed by atoms with Gasteiger partial charge in [-0.1, -0.05) is 12.1 Å². The van der Waals surface area contributed by atoms with Gasteiger partial charge in [0.15, 0.2) is 0 Å². The molecule has 1 atom stereocenters. The van der Waals surface area contributed by atoms with Crippen molar-refractivity contribution in [3.63, 3.8) is 0 Å². The number of hydrogen-bond acceptors (Lipinski definition) is 3. The number of amides is 1. The molecule has 100 valence electrons. The smallest absolute Gasteiger partial charge is 0.240 e. The van der Waals surface area contributed by atoms with E-state index >= 15 is 0 Å². The third-order valence-corrected chi connectivity index (χ3v) is 4.03. The largest absolute Gasteiger partial charge is 0.375 e. The molecule has 5 heteroatoms. The Morgan fingerprint density at radius 1 is 1.53 bits per heavy atom. The summed E-state index contributed by atoms with van der Waals surface area (Å²) in [5.41, 5.74) is 0.134. The van der Waals surface area contributed by atoms with Crippen molar-refractivity contribution in [1.29, 1.82) is 5.26 Å². The number of nitriles is 1. The summed E-state index contributed by atoms with van der Waals surface area (Å²) in [5, 5.41) is 15.0. The maximum Gasteiger partial charge on any atom is 0.240 e. The molecule has 0 saturated heterocycles. The fourth-order valence-corrected chi connectivity index (χ4v) is 2.42. The van der Waals surface area contributed by atoms with Gasteiger partial charge < -0.3 is 10.6 Å². The number of hydrogen-bond donors (Lipinski definition) is 2. The highest BCUT2D eigenvalue weighted by molar-refractivity contribution is 9.10. The SMILES string of the molecule is CC(C#N)(NC(=O)CNc1ccccc1Br)C1CC1. The normalized spacial score (nSPS) is 17.1. The highest BCUT2D eigenvalue weighted by Crippen LogP contribution is 2.39. The van der Waals surface area contributed by atoms with E-state index < -0.39 is 5.54 Å². The molecule has 1 aliphatic rings. The van der Waals surface area contributed by atoms with Crippen molar-refractivity contribution in [1.82, 2.24) is 5.32 Å². The first-order valence-corrected chi connectivity index (χ1v) is 7.05. The molecule has 2 N–H and O–H groups in total. The van der Waals surface area contributed by atoms with Gasteiger partial charge in [-0.3, -0.25) is 4.79 Å². The summed E-state index contributed by atoms with van der Waals surface area (Å²) in [6, 6.07) is 9.82. The fraction of sp³-hybridized carbons (Fsp3) is 0.429. The van der Waals surface area contributed by atoms with Crippen LogP contribution in [0.5, 0.6) is 0 Å². The van der Waals surface area contributed by atoms with Crippen molar-refractivity contribution < 1.29 is 4.79 Å². The summed E-state index contributed by atoms with van der Waals surface area (Å²) in [6.07, 6.45) is 2.03. The van der Waals surface area contributed by atoms with Crippen LogP contribution in [-0.4, -0.2) is 18.0 Å². The second kappa shape index (κ2) is 5.62. The van der Waals surface area contributed by atoms with Gasteiger partial charge in [-0.2, -0.15) is 5.26 Å². The summed E-state index contributed by atoms with van der Waals surface area (Å²) >= 11 is 3.41. The zero-order valence-electron chi connectivity index (χ0n) is 10.7. The van der Waals surface area contributed by atoms with Crippen molar-refractivity contribution in [3.05, 3.63) is 28.7 Å². The Morgan fingerprint density at radius 2 is 2.21 bits per heavy atom. The number of carbonyl (C=O) groups excluding carboxylic acids is 1. The summed E-state index contributed by atoms with van der Waals surface area (Å²) in [4.78, 5) is 11.9. The van der Waals surface area contributed by atoms with E-state index in [2.05, 4.69) is 32.6 Å². The first-order chi connectivity index (χ1) is 9.05. The van der Waals surface area contributed by atoms with Gasteiger partial charge in [0.2, 0.25) is 5.91 Å². The minimum absolute atomic E-state index is 0.159. The lowest BCUT2D eigenvalue weighted by molar-refractivity contribution is -0.120. The topological polar surface area (TPSA) is 64.9 Å². The highest BCUT2D eigenvalue weighted by Gasteiger charge is 2.42. The highest BCUT2D eigenvalue weighted by atomic mass is 79.9. The molecule has 2 rings (SSSR count). The van der Waals surface area contributed by atoms with E-state index in [1.165, 1.54) is 0 Å². The quantitative estimate of drug-likeness (QED) is 0.876. The molecule has 1 amide bonds. The summed E-state index contributed by atoms with van der Waals surface area (Å²) in [6.45, 7) is 1.95. The molecule has 0 bridgehead atoms. The average molecular weight is 322 g/mol. The van der Waals surface area contributed by atoms with Crippen LogP contribution in [0.25, 0.3) is 0 Å². The number of nitrogens with zero attached hydrogens (tertiary/aromatic N) is 1. The zero-order valence-corrected chi connectivity index (χ0v) is 12.3. The van der Waals surface area contributed by atoms with E-state index in [0.29, 0.717) is 5.92 Å². The van der Waals surface area contributed by atoms with E-state index in [0.717, 1.165) is 23.0 Å². The Labute approximate surface area is 121 Å². The van der Waals surface area contributed by atoms with Crippen LogP contribution in [0.3, 0.4) is 0 Å². The molecule has 1 aliphatic carbocycles. The van der Waals surface area contributed by atoms with Crippen molar-refractivity contribution in [3.8, 4) is 6.07 Å². The van der Waals surface area contributed by atoms with Crippen molar-refractivity contribution in [2.24, 2.45) is 5.92 Å². The molecule has 4 nitrogen and oxygen atoms in total. The summed E-state index contributed by atoms with van der Waals surface area (Å²) < 4.78 is 0.910. The van der Waals surface area contributed by atoms with E-state index in [1.54, 1.807) is 6.92 Å². The van der Waals surface area contributed by atoms with Gasteiger partial charge in [0.25, 0.3) is 0 Å². The number of anilines is 1. The number of carbonyl (C=O) groups is 1. The maximum atomic E-state index is 11.9. The minimum atomic E-state index is -0.729. The molecule has 0 radical (unpaired) electrons. The van der Waals surface area contributed by atoms with Gasteiger partial charge in [-0.05, 0) is 53.7 Å². The Bertz CT molecular complexity index is 522. The summed E-state index contributed by atoms with van der Waals surface area (Å²) in [5.74, 6) is 0.136. The molecule has 1 fully saturated rings. The minimum Gasteiger partial charge on any atom is -0.375 e. The third-order valence-electron chi connectivity index (χ3n) is 3.34. The first-order valence-electron chi connectivity index (χ1n) is 6.26. The lowest BCUT2D eigenvalue weighted by Crippen LogP contribution is -2.48. The van der Waals surface area contributed by atoms with E-state index in [-0.39, 0.29) is 12.5 Å². The molecular formula is C14H16BrN3O. The molecule has 0 heterocycles. The second-order valence-corrected chi connectivity index (χ2v) is 5.82. The number of halogens is 1. The van der Waals surface area contributed by atoms with Gasteiger partial charge >= 0.3 is 0 Å². The van der Waals surface area contributed by atoms with Crippen molar-refractivity contribution in [2.45, 2.75) is 25.3 Å². The lowest BCUT2D eigenvalue weighted by atomic mass is 9.98. The van der Waals surface area contributed by atoms with Crippen LogP contribution in [-0.2, 0) is 4.79 Å². The fourth-order valence-electron chi connectivity index (χ4n) is 2.00. The van der Waals surface area contributed by atoms with E-state index in [1.807, 2.05) is 24.3 Å². The second-order valence-electron chi connectivity index (χ2n) is 4.97. The van der Waals surface area contributed by atoms with Gasteiger partial charge in [0.1, 0.15) is 5.54 Å². The van der Waals surface area contributed by atoms with Gasteiger partial charge in [0, 0.05) is 10.2 Å². The van der Waals surface area contributed by atoms with Crippen molar-refractivity contribution in [2.75, 3.05) is 11.9 Å². The molecule has 1 saturated carbocycles. The molecule has 1 aromatic carbocycles. The van der Waals surface area contributed by atoms with Crippen LogP contribution in [0, 0.1) is 17.2 Å². The first kappa shape index (κ1) is 13.9. The molecule has 1 aromatic rings. The molecule has 1 unspecified atom stereocenters. The third kappa shape index (κ3) is 3.48. The lowest BCUT2D eigenvalue weighted by Gasteiger charge is -2.23. The number of rotatable bonds is 5.